The summed E-state index contributed by atoms with van der Waals surface area (Å²) in [5.41, 5.74) is 14.8. The van der Waals surface area contributed by atoms with Crippen LogP contribution in [0.3, 0.4) is 0 Å². The van der Waals surface area contributed by atoms with Crippen molar-refractivity contribution >= 4 is 69.3 Å². The average Bonchev–Trinajstić information content (AvgIpc) is 1.65. The lowest BCUT2D eigenvalue weighted by Gasteiger charge is -2.26. The van der Waals surface area contributed by atoms with Gasteiger partial charge in [-0.25, -0.2) is 38.0 Å². The van der Waals surface area contributed by atoms with Gasteiger partial charge in [-0.05, 0) is 229 Å². The van der Waals surface area contributed by atoms with E-state index in [4.69, 9.17) is 39.9 Å². The zero-order chi connectivity index (χ0) is 76.4. The molecule has 8 aliphatic heterocycles. The molecule has 12 aromatic rings. The van der Waals surface area contributed by atoms with Crippen molar-refractivity contribution in [3.63, 3.8) is 0 Å². The fourth-order valence-electron chi connectivity index (χ4n) is 17.3. The van der Waals surface area contributed by atoms with E-state index in [2.05, 4.69) is 167 Å². The summed E-state index contributed by atoms with van der Waals surface area (Å²) in [6.45, 7) is 17.1. The molecule has 576 valence electrons. The van der Waals surface area contributed by atoms with Crippen molar-refractivity contribution in [3.8, 4) is 0 Å². The van der Waals surface area contributed by atoms with Crippen LogP contribution in [-0.2, 0) is 25.7 Å². The van der Waals surface area contributed by atoms with Crippen LogP contribution in [-0.4, -0.2) is 146 Å². The fourth-order valence-corrected chi connectivity index (χ4v) is 17.3. The van der Waals surface area contributed by atoms with Crippen LogP contribution in [0.5, 0.6) is 0 Å². The van der Waals surface area contributed by atoms with Gasteiger partial charge in [0.2, 0.25) is 0 Å². The zero-order valence-corrected chi connectivity index (χ0v) is 64.4. The number of aryl methyl sites for hydroxylation is 4. The average molecular weight is 1500 g/mol. The van der Waals surface area contributed by atoms with Crippen molar-refractivity contribution in [2.45, 2.75) is 198 Å². The summed E-state index contributed by atoms with van der Waals surface area (Å²) in [5, 5.41) is 30.2. The molecule has 0 aliphatic carbocycles. The van der Waals surface area contributed by atoms with Gasteiger partial charge in [-0.3, -0.25) is 34.3 Å². The van der Waals surface area contributed by atoms with E-state index in [0.29, 0.717) is 46.2 Å². The number of amides is 3. The Morgan fingerprint density at radius 1 is 0.375 bits per heavy atom. The van der Waals surface area contributed by atoms with Crippen molar-refractivity contribution in [3.05, 3.63) is 221 Å². The Kier molecular flexibility index (Phi) is 20.8. The van der Waals surface area contributed by atoms with Crippen molar-refractivity contribution in [2.24, 2.45) is 0 Å². The highest BCUT2D eigenvalue weighted by Gasteiger charge is 2.35. The lowest BCUT2D eigenvalue weighted by Crippen LogP contribution is -2.43. The number of nitrogens with one attached hydrogen (secondary N) is 4. The first-order valence-electron chi connectivity index (χ1n) is 40.3. The standard InChI is InChI=1S/C22H26N6O.C22H26N6.C21H24N6O.C20H22N6O/c1-22(2)11-4-7-15-6-3-8-17(24-15)18-9-5-12-27(18)19-10-13-28-20(25-19)16(14-23-28)21(29)26-22;1-15-6-3-7-17-8-4-9-19(25-17)20-10-5-12-27(20)21-11-13-28-22(26-21)18(14-23-28)16(2)24-15;1-14-5-2-6-15-7-3-8-17(24-15)18-9-4-11-26(18)19-10-12-27-20(25-19)16(13-22-27)21(28)23-14;27-20-15-13-22-26-12-9-18(24-19(15)26)25-11-4-8-17(25)16-7-3-6-14(23-16)5-1-2-10-21-20/h3,6,8,10,13-14,18H,4-5,7,9,11-12H2,1-2H3,(H,26,29);4,8-9,11,13-15,20,24H,2-3,5-7,10,12H2,1H3;3,7-8,10,12-14,18H,2,4-6,9,11H2,1H3,(H,23,28);3,6-7,9,12-13,17H,1-2,4-5,8,10-11H2,(H,21,27)/t18-;15-,20-;14-,18+;17-/m1101/s1. The second-order valence-corrected chi connectivity index (χ2v) is 31.7. The van der Waals surface area contributed by atoms with Crippen LogP contribution in [0.25, 0.3) is 28.3 Å². The molecule has 27 heteroatoms. The Morgan fingerprint density at radius 3 is 1.13 bits per heavy atom. The van der Waals surface area contributed by atoms with Crippen LogP contribution >= 0.6 is 0 Å². The molecule has 112 heavy (non-hydrogen) atoms. The molecule has 0 radical (unpaired) electrons. The van der Waals surface area contributed by atoms with E-state index >= 15 is 0 Å². The maximum Gasteiger partial charge on any atom is 0.257 e. The van der Waals surface area contributed by atoms with Crippen molar-refractivity contribution in [1.82, 2.24) is 99.6 Å². The minimum atomic E-state index is -0.319. The number of hydrogen-bond acceptors (Lipinski definition) is 20. The molecule has 6 atom stereocenters. The van der Waals surface area contributed by atoms with Crippen LogP contribution in [0.4, 0.5) is 23.3 Å². The third kappa shape index (κ3) is 15.6. The second-order valence-electron chi connectivity index (χ2n) is 31.7. The Morgan fingerprint density at radius 2 is 0.723 bits per heavy atom. The van der Waals surface area contributed by atoms with Gasteiger partial charge >= 0.3 is 0 Å². The van der Waals surface area contributed by atoms with Gasteiger partial charge in [0.15, 0.2) is 22.6 Å². The Labute approximate surface area is 651 Å². The number of carbonyl (C=O) groups excluding carboxylic acids is 3. The smallest absolute Gasteiger partial charge is 0.257 e. The summed E-state index contributed by atoms with van der Waals surface area (Å²) in [7, 11) is 0. The van der Waals surface area contributed by atoms with Crippen LogP contribution in [0.15, 0.2) is 153 Å². The largest absolute Gasteiger partial charge is 0.382 e. The molecule has 0 unspecified atom stereocenters. The number of hydrogen-bond donors (Lipinski definition) is 4. The molecule has 0 spiro atoms. The molecule has 12 aromatic heterocycles. The highest BCUT2D eigenvalue weighted by atomic mass is 16.2. The molecular formula is C85H98N24O3. The number of aromatic nitrogens is 16. The van der Waals surface area contributed by atoms with E-state index in [1.165, 1.54) is 5.69 Å². The minimum Gasteiger partial charge on any atom is -0.382 e. The summed E-state index contributed by atoms with van der Waals surface area (Å²) >= 11 is 0. The van der Waals surface area contributed by atoms with Crippen LogP contribution in [0, 0.1) is 0 Å². The lowest BCUT2D eigenvalue weighted by molar-refractivity contribution is 0.0906. The molecule has 27 nitrogen and oxygen atoms in total. The molecule has 8 aliphatic rings. The molecule has 4 fully saturated rings. The van der Waals surface area contributed by atoms with Crippen molar-refractivity contribution in [2.75, 3.05) is 52.3 Å². The second kappa shape index (κ2) is 31.9. The Balaban J connectivity index is 0.000000108. The normalized spacial score (nSPS) is 21.8. The lowest BCUT2D eigenvalue weighted by atomic mass is 9.96. The SMILES string of the molecule is C=C1N[C@H](C)CCCc2cccc(n2)[C@H]2CCCN2c2ccn3ncc1c3n2.CC1(C)CCCc2cccc(n2)[C@H]2CCCN2c2ccn3ncc(c3n2)C(=O)N1.C[C@H]1CCCc2cccc(n2)[C@H]2CCCN2c2ccn3ncc(c3n2)C(=O)N1.O=C1NCCCCc2cccc(n2)[C@H]2CCCN2c2ccn3ncc1c3n2. The van der Waals surface area contributed by atoms with Gasteiger partial charge in [0.25, 0.3) is 17.7 Å². The van der Waals surface area contributed by atoms with Gasteiger partial charge in [-0.1, -0.05) is 30.8 Å². The molecule has 20 heterocycles. The zero-order valence-electron chi connectivity index (χ0n) is 64.4. The number of nitrogens with zero attached hydrogens (tertiary/aromatic N) is 20. The third-order valence-electron chi connectivity index (χ3n) is 23.1. The van der Waals surface area contributed by atoms with Gasteiger partial charge in [0, 0.05) is 104 Å². The topological polar surface area (TPSA) is 285 Å². The van der Waals surface area contributed by atoms with Crippen LogP contribution < -0.4 is 40.9 Å². The number of pyridine rings is 4. The van der Waals surface area contributed by atoms with Gasteiger partial charge in [-0.15, -0.1) is 0 Å². The molecular weight excluding hydrogens is 1410 g/mol. The quantitative estimate of drug-likeness (QED) is 0.110. The third-order valence-corrected chi connectivity index (χ3v) is 23.1. The van der Waals surface area contributed by atoms with E-state index in [-0.39, 0.29) is 53.5 Å². The molecule has 4 N–H and O–H groups in total. The predicted molar refractivity (Wildman–Crippen MR) is 430 cm³/mol. The first-order valence-corrected chi connectivity index (χ1v) is 40.3. The summed E-state index contributed by atoms with van der Waals surface area (Å²) in [6.07, 6.45) is 34.7. The van der Waals surface area contributed by atoms with Crippen LogP contribution in [0.2, 0.25) is 0 Å². The van der Waals surface area contributed by atoms with Gasteiger partial charge in [0.1, 0.15) is 40.0 Å². The van der Waals surface area contributed by atoms with E-state index in [9.17, 15) is 14.4 Å². The summed E-state index contributed by atoms with van der Waals surface area (Å²) in [6, 6.07) is 34.9. The molecule has 4 saturated heterocycles. The van der Waals surface area contributed by atoms with Crippen molar-refractivity contribution in [1.29, 1.82) is 0 Å². The highest BCUT2D eigenvalue weighted by Crippen LogP contribution is 2.40. The van der Waals surface area contributed by atoms with Crippen LogP contribution in [0.1, 0.15) is 237 Å². The predicted octanol–water partition coefficient (Wildman–Crippen LogP) is 12.5. The van der Waals surface area contributed by atoms with E-state index < -0.39 is 0 Å². The van der Waals surface area contributed by atoms with E-state index in [1.54, 1.807) is 32.1 Å². The van der Waals surface area contributed by atoms with Gasteiger partial charge < -0.3 is 40.9 Å². The summed E-state index contributed by atoms with van der Waals surface area (Å²) in [4.78, 5) is 87.0. The van der Waals surface area contributed by atoms with Gasteiger partial charge in [-0.2, -0.15) is 20.4 Å². The Bertz CT molecular complexity index is 5280. The first kappa shape index (κ1) is 73.1. The fraction of sp³-hybridized carbons (Fsp3) is 0.424. The number of fused-ring (bicyclic) bond motifs is 24. The monoisotopic (exact) mass is 1500 g/mol. The summed E-state index contributed by atoms with van der Waals surface area (Å²) in [5.74, 6) is 3.26. The maximum absolute atomic E-state index is 13.0. The highest BCUT2D eigenvalue weighted by molar-refractivity contribution is 6.01. The van der Waals surface area contributed by atoms with Crippen molar-refractivity contribution < 1.29 is 14.4 Å². The molecule has 16 bridgehead atoms. The molecule has 0 aromatic carbocycles. The number of anilines is 4. The summed E-state index contributed by atoms with van der Waals surface area (Å²) < 4.78 is 6.84. The number of rotatable bonds is 0. The molecule has 20 rings (SSSR count). The van der Waals surface area contributed by atoms with E-state index in [0.717, 1.165) is 235 Å². The number of carbonyl (C=O) groups is 3. The molecule has 3 amide bonds. The minimum absolute atomic E-state index is 0.0853. The molecule has 0 saturated carbocycles. The Hall–Kier alpha value is -11.8. The first-order chi connectivity index (χ1) is 54.7. The van der Waals surface area contributed by atoms with Gasteiger partial charge in [0.05, 0.1) is 77.3 Å². The van der Waals surface area contributed by atoms with E-state index in [1.807, 2.05) is 60.6 Å². The maximum atomic E-state index is 13.0.